The number of rotatable bonds is 8. The summed E-state index contributed by atoms with van der Waals surface area (Å²) in [5.41, 5.74) is 1.84. The van der Waals surface area contributed by atoms with Crippen molar-refractivity contribution in [3.63, 3.8) is 0 Å². The molecule has 2 N–H and O–H groups in total. The Kier molecular flexibility index (Phi) is 7.40. The highest BCUT2D eigenvalue weighted by Gasteiger charge is 2.39. The van der Waals surface area contributed by atoms with E-state index in [1.54, 1.807) is 6.20 Å². The van der Waals surface area contributed by atoms with E-state index in [-0.39, 0.29) is 12.5 Å². The van der Waals surface area contributed by atoms with Crippen molar-refractivity contribution >= 4 is 35.0 Å². The molecule has 3 fully saturated rings. The number of aromatic nitrogens is 4. The van der Waals surface area contributed by atoms with Crippen LogP contribution in [-0.2, 0) is 9.53 Å². The van der Waals surface area contributed by atoms with Crippen LogP contribution < -0.4 is 10.6 Å². The maximum Gasteiger partial charge on any atom is 0.248 e. The molecule has 2 bridgehead atoms. The zero-order valence-corrected chi connectivity index (χ0v) is 21.3. The van der Waals surface area contributed by atoms with Crippen LogP contribution in [-0.4, -0.2) is 87.4 Å². The summed E-state index contributed by atoms with van der Waals surface area (Å²) in [5, 5.41) is 11.9. The van der Waals surface area contributed by atoms with Crippen molar-refractivity contribution in [1.82, 2.24) is 29.5 Å². The van der Waals surface area contributed by atoms with Gasteiger partial charge in [-0.3, -0.25) is 9.48 Å². The van der Waals surface area contributed by atoms with Crippen molar-refractivity contribution in [2.45, 2.75) is 63.6 Å². The minimum absolute atomic E-state index is 0.0536. The molecule has 35 heavy (non-hydrogen) atoms. The van der Waals surface area contributed by atoms with Crippen molar-refractivity contribution in [2.24, 2.45) is 0 Å². The molecule has 3 saturated heterocycles. The highest BCUT2D eigenvalue weighted by molar-refractivity contribution is 6.32. The molecular weight excluding hydrogens is 468 g/mol. The summed E-state index contributed by atoms with van der Waals surface area (Å²) in [6.45, 7) is 4.90. The number of fused-ring (bicyclic) bond motifs is 2. The Balaban J connectivity index is 1.17. The summed E-state index contributed by atoms with van der Waals surface area (Å²) in [6, 6.07) is 1.77. The molecule has 2 aromatic heterocycles. The van der Waals surface area contributed by atoms with Crippen molar-refractivity contribution in [2.75, 3.05) is 50.5 Å². The first-order chi connectivity index (χ1) is 17.0. The van der Waals surface area contributed by atoms with Gasteiger partial charge in [0.1, 0.15) is 17.4 Å². The van der Waals surface area contributed by atoms with Crippen LogP contribution in [0.15, 0.2) is 12.4 Å². The Morgan fingerprint density at radius 2 is 2.03 bits per heavy atom. The summed E-state index contributed by atoms with van der Waals surface area (Å²) >= 11 is 6.34. The second-order valence-corrected chi connectivity index (χ2v) is 10.3. The normalized spacial score (nSPS) is 25.1. The maximum absolute atomic E-state index is 12.1. The minimum atomic E-state index is 0.0536. The minimum Gasteiger partial charge on any atom is -0.372 e. The van der Waals surface area contributed by atoms with Gasteiger partial charge in [-0.25, -0.2) is 4.98 Å². The summed E-state index contributed by atoms with van der Waals surface area (Å²) in [6.07, 6.45) is 10.2. The standard InChI is InChI=1S/C24H35ClN8O2/c1-16-21(14-33(30-16)19-11-17-5-6-18(12-19)31(17)2)28-24-27-13-20(25)23(29-24)26-7-3-8-32-9-4-10-35-15-22(32)34/h13-14,17-19H,3-12,15H2,1-2H3,(H2,26,27,28,29). The molecule has 5 heterocycles. The van der Waals surface area contributed by atoms with E-state index >= 15 is 0 Å². The molecule has 2 aromatic rings. The van der Waals surface area contributed by atoms with Crippen molar-refractivity contribution in [3.8, 4) is 0 Å². The lowest BCUT2D eigenvalue weighted by Crippen LogP contribution is -2.40. The topological polar surface area (TPSA) is 100 Å². The predicted octanol–water partition coefficient (Wildman–Crippen LogP) is 3.23. The first kappa shape index (κ1) is 24.3. The molecule has 190 valence electrons. The lowest BCUT2D eigenvalue weighted by Gasteiger charge is -2.36. The van der Waals surface area contributed by atoms with Gasteiger partial charge in [0, 0.05) is 44.5 Å². The van der Waals surface area contributed by atoms with Crippen LogP contribution >= 0.6 is 11.6 Å². The molecule has 10 nitrogen and oxygen atoms in total. The van der Waals surface area contributed by atoms with Gasteiger partial charge in [-0.05, 0) is 52.5 Å². The Hall–Kier alpha value is -2.43. The molecule has 0 aromatic carbocycles. The molecule has 11 heteroatoms. The Morgan fingerprint density at radius 1 is 1.23 bits per heavy atom. The Labute approximate surface area is 211 Å². The van der Waals surface area contributed by atoms with Crippen LogP contribution in [0.25, 0.3) is 0 Å². The van der Waals surface area contributed by atoms with E-state index < -0.39 is 0 Å². The molecule has 0 radical (unpaired) electrons. The van der Waals surface area contributed by atoms with E-state index in [2.05, 4.69) is 43.4 Å². The van der Waals surface area contributed by atoms with Gasteiger partial charge >= 0.3 is 0 Å². The molecule has 0 saturated carbocycles. The van der Waals surface area contributed by atoms with Crippen LogP contribution in [0.4, 0.5) is 17.5 Å². The molecule has 0 spiro atoms. The molecule has 2 atom stereocenters. The fraction of sp³-hybridized carbons (Fsp3) is 0.667. The van der Waals surface area contributed by atoms with E-state index in [0.717, 1.165) is 43.6 Å². The second kappa shape index (κ2) is 10.7. The first-order valence-corrected chi connectivity index (χ1v) is 13.0. The second-order valence-electron chi connectivity index (χ2n) is 9.87. The number of hydrogen-bond acceptors (Lipinski definition) is 8. The lowest BCUT2D eigenvalue weighted by atomic mass is 9.98. The van der Waals surface area contributed by atoms with E-state index in [0.29, 0.717) is 54.6 Å². The van der Waals surface area contributed by atoms with E-state index in [9.17, 15) is 4.79 Å². The number of nitrogens with zero attached hydrogens (tertiary/aromatic N) is 6. The number of hydrogen-bond donors (Lipinski definition) is 2. The van der Waals surface area contributed by atoms with Gasteiger partial charge in [-0.15, -0.1) is 0 Å². The monoisotopic (exact) mass is 502 g/mol. The zero-order valence-electron chi connectivity index (χ0n) is 20.5. The number of piperidine rings is 1. The smallest absolute Gasteiger partial charge is 0.248 e. The van der Waals surface area contributed by atoms with Crippen molar-refractivity contribution < 1.29 is 9.53 Å². The van der Waals surface area contributed by atoms with Gasteiger partial charge in [-0.1, -0.05) is 11.6 Å². The largest absolute Gasteiger partial charge is 0.372 e. The average Bonchev–Trinajstić information content (AvgIpc) is 3.18. The first-order valence-electron chi connectivity index (χ1n) is 12.6. The lowest BCUT2D eigenvalue weighted by molar-refractivity contribution is -0.133. The van der Waals surface area contributed by atoms with Crippen LogP contribution in [0.3, 0.4) is 0 Å². The quantitative estimate of drug-likeness (QED) is 0.531. The van der Waals surface area contributed by atoms with E-state index in [4.69, 9.17) is 21.4 Å². The van der Waals surface area contributed by atoms with Crippen LogP contribution in [0.2, 0.25) is 5.02 Å². The fourth-order valence-corrected chi connectivity index (χ4v) is 5.67. The molecule has 2 unspecified atom stereocenters. The van der Waals surface area contributed by atoms with E-state index in [1.165, 1.54) is 12.8 Å². The summed E-state index contributed by atoms with van der Waals surface area (Å²) < 4.78 is 7.42. The third kappa shape index (κ3) is 5.54. The predicted molar refractivity (Wildman–Crippen MR) is 135 cm³/mol. The number of carbonyl (C=O) groups is 1. The molecule has 1 amide bonds. The molecule has 5 rings (SSSR count). The van der Waals surface area contributed by atoms with Gasteiger partial charge in [-0.2, -0.15) is 10.1 Å². The van der Waals surface area contributed by atoms with Crippen molar-refractivity contribution in [3.05, 3.63) is 23.1 Å². The number of amides is 1. The van der Waals surface area contributed by atoms with Crippen LogP contribution in [0.5, 0.6) is 0 Å². The molecule has 0 aliphatic carbocycles. The van der Waals surface area contributed by atoms with Gasteiger partial charge in [0.25, 0.3) is 0 Å². The molecule has 3 aliphatic rings. The molecule has 3 aliphatic heterocycles. The van der Waals surface area contributed by atoms with Crippen LogP contribution in [0, 0.1) is 6.92 Å². The summed E-state index contributed by atoms with van der Waals surface area (Å²) in [5.74, 6) is 1.10. The average molecular weight is 503 g/mol. The zero-order chi connectivity index (χ0) is 24.4. The van der Waals surface area contributed by atoms with Crippen LogP contribution in [0.1, 0.15) is 50.3 Å². The maximum atomic E-state index is 12.1. The molecular formula is C24H35ClN8O2. The van der Waals surface area contributed by atoms with Gasteiger partial charge in [0.2, 0.25) is 11.9 Å². The number of carbonyl (C=O) groups excluding carboxylic acids is 1. The van der Waals surface area contributed by atoms with Crippen molar-refractivity contribution in [1.29, 1.82) is 0 Å². The Bertz CT molecular complexity index is 1030. The van der Waals surface area contributed by atoms with Gasteiger partial charge in [0.15, 0.2) is 0 Å². The third-order valence-corrected chi connectivity index (χ3v) is 7.82. The Morgan fingerprint density at radius 3 is 2.83 bits per heavy atom. The van der Waals surface area contributed by atoms with E-state index in [1.807, 2.05) is 11.8 Å². The number of nitrogens with one attached hydrogen (secondary N) is 2. The highest BCUT2D eigenvalue weighted by Crippen LogP contribution is 2.40. The number of ether oxygens (including phenoxy) is 1. The fourth-order valence-electron chi connectivity index (χ4n) is 5.51. The number of halogens is 1. The summed E-state index contributed by atoms with van der Waals surface area (Å²) in [4.78, 5) is 25.4. The third-order valence-electron chi connectivity index (χ3n) is 7.55. The highest BCUT2D eigenvalue weighted by atomic mass is 35.5. The van der Waals surface area contributed by atoms with Gasteiger partial charge < -0.3 is 25.2 Å². The summed E-state index contributed by atoms with van der Waals surface area (Å²) in [7, 11) is 2.26. The van der Waals surface area contributed by atoms with Gasteiger partial charge in [0.05, 0.1) is 23.6 Å². The number of aryl methyl sites for hydroxylation is 1. The SMILES string of the molecule is Cc1nn(C2CC3CCC(C2)N3C)cc1Nc1ncc(Cl)c(NCCCN2CCCOCC2=O)n1. The number of anilines is 3.